The van der Waals surface area contributed by atoms with Crippen LogP contribution in [-0.4, -0.2) is 50.6 Å². The summed E-state index contributed by atoms with van der Waals surface area (Å²) in [6, 6.07) is 9.40. The highest BCUT2D eigenvalue weighted by molar-refractivity contribution is 7.88. The average molecular weight is 368 g/mol. The summed E-state index contributed by atoms with van der Waals surface area (Å²) in [5.74, 6) is -0.207. The minimum Gasteiger partial charge on any atom is -0.374 e. The maximum absolute atomic E-state index is 12.3. The van der Waals surface area contributed by atoms with E-state index in [4.69, 9.17) is 4.74 Å². The molecule has 140 valence electrons. The number of carbonyl (C=O) groups excluding carboxylic acids is 1. The van der Waals surface area contributed by atoms with Gasteiger partial charge < -0.3 is 10.1 Å². The monoisotopic (exact) mass is 368 g/mol. The molecule has 2 unspecified atom stereocenters. The van der Waals surface area contributed by atoms with Gasteiger partial charge in [0.1, 0.15) is 6.04 Å². The fraction of sp³-hybridized carbons (Fsp3) is 0.611. The van der Waals surface area contributed by atoms with Gasteiger partial charge in [0.25, 0.3) is 0 Å². The molecule has 0 aliphatic carbocycles. The first-order chi connectivity index (χ1) is 11.9. The summed E-state index contributed by atoms with van der Waals surface area (Å²) in [4.78, 5) is 12.3. The maximum Gasteiger partial charge on any atom is 0.238 e. The summed E-state index contributed by atoms with van der Waals surface area (Å²) in [5, 5.41) is 2.84. The Bertz CT molecular complexity index is 648. The first-order valence-electron chi connectivity index (χ1n) is 8.80. The molecular formula is C18H28N2O4S. The largest absolute Gasteiger partial charge is 0.374 e. The highest BCUT2D eigenvalue weighted by atomic mass is 32.2. The van der Waals surface area contributed by atoms with Crippen molar-refractivity contribution in [1.29, 1.82) is 0 Å². The van der Waals surface area contributed by atoms with Crippen LogP contribution in [0.25, 0.3) is 0 Å². The molecule has 1 amide bonds. The normalized spacial score (nSPS) is 20.2. The summed E-state index contributed by atoms with van der Waals surface area (Å²) in [5.41, 5.74) is 1.12. The van der Waals surface area contributed by atoms with Crippen molar-refractivity contribution >= 4 is 15.9 Å². The van der Waals surface area contributed by atoms with Crippen LogP contribution in [0.1, 0.15) is 44.3 Å². The second-order valence-corrected chi connectivity index (χ2v) is 8.39. The number of hydrogen-bond donors (Lipinski definition) is 1. The zero-order chi connectivity index (χ0) is 18.3. The van der Waals surface area contributed by atoms with E-state index in [1.807, 2.05) is 37.3 Å². The van der Waals surface area contributed by atoms with Gasteiger partial charge in [0, 0.05) is 19.7 Å². The Morgan fingerprint density at radius 3 is 2.72 bits per heavy atom. The lowest BCUT2D eigenvalue weighted by Gasteiger charge is -2.32. The van der Waals surface area contributed by atoms with Crippen LogP contribution >= 0.6 is 0 Å². The fourth-order valence-electron chi connectivity index (χ4n) is 3.05. The summed E-state index contributed by atoms with van der Waals surface area (Å²) in [6.07, 6.45) is 4.13. The zero-order valence-electron chi connectivity index (χ0n) is 15.0. The summed E-state index contributed by atoms with van der Waals surface area (Å²) in [7, 11) is -3.35. The molecule has 2 rings (SSSR count). The first kappa shape index (κ1) is 19.9. The zero-order valence-corrected chi connectivity index (χ0v) is 15.8. The standard InChI is InChI=1S/C18H28N2O4S/c1-15(16-9-4-3-5-10-16)24-14-8-12-19-18(21)17-11-6-7-13-20(17)25(2,22)23/h3-5,9-10,15,17H,6-8,11-14H2,1-2H3,(H,19,21). The molecule has 0 spiro atoms. The van der Waals surface area contributed by atoms with Crippen LogP contribution in [0.3, 0.4) is 0 Å². The van der Waals surface area contributed by atoms with Gasteiger partial charge >= 0.3 is 0 Å². The summed E-state index contributed by atoms with van der Waals surface area (Å²) >= 11 is 0. The molecule has 1 N–H and O–H groups in total. The van der Waals surface area contributed by atoms with Crippen molar-refractivity contribution in [3.05, 3.63) is 35.9 Å². The number of amides is 1. The van der Waals surface area contributed by atoms with Gasteiger partial charge in [0.15, 0.2) is 0 Å². The number of sulfonamides is 1. The van der Waals surface area contributed by atoms with Crippen molar-refractivity contribution in [1.82, 2.24) is 9.62 Å². The molecule has 0 saturated carbocycles. The maximum atomic E-state index is 12.3. The van der Waals surface area contributed by atoms with E-state index in [0.29, 0.717) is 32.5 Å². The number of rotatable bonds is 8. The van der Waals surface area contributed by atoms with Crippen molar-refractivity contribution in [2.24, 2.45) is 0 Å². The molecule has 2 atom stereocenters. The van der Waals surface area contributed by atoms with Gasteiger partial charge in [0.2, 0.25) is 15.9 Å². The van der Waals surface area contributed by atoms with E-state index in [0.717, 1.165) is 24.7 Å². The van der Waals surface area contributed by atoms with E-state index in [1.165, 1.54) is 4.31 Å². The van der Waals surface area contributed by atoms with Crippen LogP contribution in [0.4, 0.5) is 0 Å². The molecule has 1 aliphatic heterocycles. The van der Waals surface area contributed by atoms with E-state index in [9.17, 15) is 13.2 Å². The number of hydrogen-bond acceptors (Lipinski definition) is 4. The fourth-order valence-corrected chi connectivity index (χ4v) is 4.17. The van der Waals surface area contributed by atoms with Gasteiger partial charge in [-0.05, 0) is 31.7 Å². The van der Waals surface area contributed by atoms with Crippen molar-refractivity contribution < 1.29 is 17.9 Å². The van der Waals surface area contributed by atoms with Gasteiger partial charge in [-0.15, -0.1) is 0 Å². The van der Waals surface area contributed by atoms with E-state index < -0.39 is 16.1 Å². The second kappa shape index (κ2) is 9.31. The minimum absolute atomic E-state index is 0.0102. The molecule has 1 saturated heterocycles. The molecule has 1 fully saturated rings. The number of benzene rings is 1. The molecule has 0 aromatic heterocycles. The van der Waals surface area contributed by atoms with Crippen molar-refractivity contribution in [2.75, 3.05) is 26.0 Å². The number of carbonyl (C=O) groups is 1. The molecule has 25 heavy (non-hydrogen) atoms. The summed E-state index contributed by atoms with van der Waals surface area (Å²) < 4.78 is 30.7. The SMILES string of the molecule is CC(OCCCNC(=O)C1CCCCN1S(C)(=O)=O)c1ccccc1. The summed E-state index contributed by atoms with van der Waals surface area (Å²) in [6.45, 7) is 3.44. The van der Waals surface area contributed by atoms with Gasteiger partial charge in [0.05, 0.1) is 12.4 Å². The molecule has 7 heteroatoms. The number of nitrogens with one attached hydrogen (secondary N) is 1. The van der Waals surface area contributed by atoms with Crippen molar-refractivity contribution in [3.8, 4) is 0 Å². The molecule has 1 aromatic carbocycles. The lowest BCUT2D eigenvalue weighted by molar-refractivity contribution is -0.125. The smallest absolute Gasteiger partial charge is 0.238 e. The van der Waals surface area contributed by atoms with Crippen LogP contribution < -0.4 is 5.32 Å². The Morgan fingerprint density at radius 2 is 2.04 bits per heavy atom. The molecule has 6 nitrogen and oxygen atoms in total. The lowest BCUT2D eigenvalue weighted by Crippen LogP contribution is -2.51. The third kappa shape index (κ3) is 6.09. The van der Waals surface area contributed by atoms with Gasteiger partial charge in [-0.25, -0.2) is 8.42 Å². The second-order valence-electron chi connectivity index (χ2n) is 6.45. The van der Waals surface area contributed by atoms with Crippen LogP contribution in [-0.2, 0) is 19.6 Å². The van der Waals surface area contributed by atoms with Crippen LogP contribution in [0.2, 0.25) is 0 Å². The average Bonchev–Trinajstić information content (AvgIpc) is 2.61. The Morgan fingerprint density at radius 1 is 1.32 bits per heavy atom. The number of ether oxygens (including phenoxy) is 1. The third-order valence-corrected chi connectivity index (χ3v) is 5.73. The first-order valence-corrected chi connectivity index (χ1v) is 10.7. The molecule has 0 radical (unpaired) electrons. The van der Waals surface area contributed by atoms with Crippen LogP contribution in [0.5, 0.6) is 0 Å². The predicted molar refractivity (Wildman–Crippen MR) is 97.6 cm³/mol. The highest BCUT2D eigenvalue weighted by Crippen LogP contribution is 2.20. The minimum atomic E-state index is -3.35. The lowest BCUT2D eigenvalue weighted by atomic mass is 10.0. The van der Waals surface area contributed by atoms with Gasteiger partial charge in [-0.3, -0.25) is 4.79 Å². The van der Waals surface area contributed by atoms with Crippen LogP contribution in [0, 0.1) is 0 Å². The molecule has 1 aromatic rings. The molecule has 0 bridgehead atoms. The van der Waals surface area contributed by atoms with Crippen molar-refractivity contribution in [2.45, 2.75) is 44.8 Å². The molecule has 1 heterocycles. The quantitative estimate of drug-likeness (QED) is 0.713. The Hall–Kier alpha value is -1.44. The Labute approximate surface area is 150 Å². The van der Waals surface area contributed by atoms with E-state index in [-0.39, 0.29) is 12.0 Å². The Kier molecular flexibility index (Phi) is 7.40. The Balaban J connectivity index is 1.71. The van der Waals surface area contributed by atoms with Crippen LogP contribution in [0.15, 0.2) is 30.3 Å². The van der Waals surface area contributed by atoms with E-state index >= 15 is 0 Å². The predicted octanol–water partition coefficient (Wildman–Crippen LogP) is 2.08. The topological polar surface area (TPSA) is 75.7 Å². The number of piperidine rings is 1. The number of nitrogens with zero attached hydrogens (tertiary/aromatic N) is 1. The molecular weight excluding hydrogens is 340 g/mol. The van der Waals surface area contributed by atoms with Gasteiger partial charge in [-0.2, -0.15) is 4.31 Å². The molecule has 1 aliphatic rings. The van der Waals surface area contributed by atoms with E-state index in [2.05, 4.69) is 5.32 Å². The van der Waals surface area contributed by atoms with E-state index in [1.54, 1.807) is 0 Å². The third-order valence-electron chi connectivity index (χ3n) is 4.44. The van der Waals surface area contributed by atoms with Gasteiger partial charge in [-0.1, -0.05) is 36.8 Å². The van der Waals surface area contributed by atoms with Crippen molar-refractivity contribution in [3.63, 3.8) is 0 Å². The highest BCUT2D eigenvalue weighted by Gasteiger charge is 2.34.